The van der Waals surface area contributed by atoms with Crippen LogP contribution in [0.4, 0.5) is 5.00 Å². The number of hydrogen-bond acceptors (Lipinski definition) is 10. The van der Waals surface area contributed by atoms with Gasteiger partial charge >= 0.3 is 17.9 Å². The maximum Gasteiger partial charge on any atom is 0.348 e. The van der Waals surface area contributed by atoms with Crippen molar-refractivity contribution >= 4 is 55.7 Å². The maximum atomic E-state index is 12.6. The first-order valence-electron chi connectivity index (χ1n) is 8.93. The molecular weight excluding hydrogens is 470 g/mol. The molecule has 2 rings (SSSR count). The molecule has 1 heterocycles. The van der Waals surface area contributed by atoms with Crippen molar-refractivity contribution in [3.05, 3.63) is 44.8 Å². The van der Waals surface area contributed by atoms with Crippen molar-refractivity contribution in [3.8, 4) is 0 Å². The molecule has 0 unspecified atom stereocenters. The molecule has 0 fully saturated rings. The largest absolute Gasteiger partial charge is 0.462 e. The lowest BCUT2D eigenvalue weighted by atomic mass is 10.1. The highest BCUT2D eigenvalue weighted by molar-refractivity contribution is 7.90. The van der Waals surface area contributed by atoms with Crippen molar-refractivity contribution in [3.63, 3.8) is 0 Å². The third kappa shape index (κ3) is 5.75. The summed E-state index contributed by atoms with van der Waals surface area (Å²) in [6.45, 7) is 2.84. The lowest BCUT2D eigenvalue weighted by molar-refractivity contribution is 0.0437. The molecule has 2 aromatic rings. The first kappa shape index (κ1) is 24.6. The second-order valence-electron chi connectivity index (χ2n) is 6.08. The van der Waals surface area contributed by atoms with E-state index in [0.717, 1.165) is 23.7 Å². The number of nitrogen functional groups attached to an aromatic ring is 1. The summed E-state index contributed by atoms with van der Waals surface area (Å²) in [5.74, 6) is -2.47. The van der Waals surface area contributed by atoms with Crippen LogP contribution in [0.3, 0.4) is 0 Å². The van der Waals surface area contributed by atoms with Gasteiger partial charge in [0.1, 0.15) is 22.0 Å². The van der Waals surface area contributed by atoms with E-state index in [1.54, 1.807) is 13.8 Å². The van der Waals surface area contributed by atoms with Gasteiger partial charge in [0.2, 0.25) is 0 Å². The summed E-state index contributed by atoms with van der Waals surface area (Å²) in [6, 6.07) is 3.59. The molecule has 0 saturated carbocycles. The minimum absolute atomic E-state index is 0.00431. The molecule has 1 aromatic heterocycles. The normalized spacial score (nSPS) is 11.1. The van der Waals surface area contributed by atoms with Crippen LogP contribution >= 0.6 is 22.9 Å². The molecule has 12 heteroatoms. The summed E-state index contributed by atoms with van der Waals surface area (Å²) in [6.07, 6.45) is 0.983. The molecule has 0 spiro atoms. The molecular formula is C19H20ClNO8S2. The number of carbonyl (C=O) groups excluding carboxylic acids is 3. The van der Waals surface area contributed by atoms with Crippen LogP contribution in [0, 0.1) is 0 Å². The van der Waals surface area contributed by atoms with E-state index in [-0.39, 0.29) is 49.7 Å². The summed E-state index contributed by atoms with van der Waals surface area (Å²) in [5.41, 5.74) is 5.64. The Labute approximate surface area is 188 Å². The van der Waals surface area contributed by atoms with Gasteiger partial charge in [-0.25, -0.2) is 22.8 Å². The van der Waals surface area contributed by atoms with E-state index >= 15 is 0 Å². The van der Waals surface area contributed by atoms with Crippen molar-refractivity contribution in [1.29, 1.82) is 0 Å². The van der Waals surface area contributed by atoms with Gasteiger partial charge in [-0.2, -0.15) is 0 Å². The Balaban J connectivity index is 2.41. The lowest BCUT2D eigenvalue weighted by Crippen LogP contribution is -2.14. The van der Waals surface area contributed by atoms with Crippen LogP contribution in [0.25, 0.3) is 0 Å². The van der Waals surface area contributed by atoms with Crippen molar-refractivity contribution < 1.29 is 37.0 Å². The zero-order chi connectivity index (χ0) is 23.3. The number of sulfone groups is 1. The summed E-state index contributed by atoms with van der Waals surface area (Å²) in [7, 11) is -3.59. The number of anilines is 1. The summed E-state index contributed by atoms with van der Waals surface area (Å²) in [4.78, 5) is 37.1. The van der Waals surface area contributed by atoms with Crippen LogP contribution in [0.1, 0.15) is 49.8 Å². The Morgan fingerprint density at radius 2 is 1.65 bits per heavy atom. The van der Waals surface area contributed by atoms with Crippen LogP contribution in [-0.2, 0) is 30.7 Å². The molecule has 0 aliphatic rings. The van der Waals surface area contributed by atoms with Crippen LogP contribution in [0.2, 0.25) is 5.02 Å². The SMILES string of the molecule is CCOC(=O)c1sc(N)c(C(=O)OCC)c1COC(=O)c1cc(S(C)(=O)=O)ccc1Cl. The molecule has 0 bridgehead atoms. The van der Waals surface area contributed by atoms with E-state index < -0.39 is 34.4 Å². The van der Waals surface area contributed by atoms with Crippen molar-refractivity contribution in [2.75, 3.05) is 25.2 Å². The molecule has 0 atom stereocenters. The summed E-state index contributed by atoms with van der Waals surface area (Å²) < 4.78 is 38.7. The predicted molar refractivity (Wildman–Crippen MR) is 114 cm³/mol. The minimum atomic E-state index is -3.59. The van der Waals surface area contributed by atoms with Crippen molar-refractivity contribution in [2.45, 2.75) is 25.3 Å². The molecule has 0 amide bonds. The number of hydrogen-bond donors (Lipinski definition) is 1. The van der Waals surface area contributed by atoms with Crippen molar-refractivity contribution in [2.24, 2.45) is 0 Å². The third-order valence-electron chi connectivity index (χ3n) is 3.91. The molecule has 168 valence electrons. The van der Waals surface area contributed by atoms with Crippen LogP contribution < -0.4 is 5.73 Å². The average molecular weight is 490 g/mol. The predicted octanol–water partition coefficient (Wildman–Crippen LogP) is 3.10. The maximum absolute atomic E-state index is 12.6. The first-order valence-corrected chi connectivity index (χ1v) is 12.0. The lowest BCUT2D eigenvalue weighted by Gasteiger charge is -2.10. The summed E-state index contributed by atoms with van der Waals surface area (Å²) in [5, 5.41) is -0.0249. The monoisotopic (exact) mass is 489 g/mol. The first-order chi connectivity index (χ1) is 14.5. The fraction of sp³-hybridized carbons (Fsp3) is 0.316. The highest BCUT2D eigenvalue weighted by Gasteiger charge is 2.29. The van der Waals surface area contributed by atoms with Gasteiger partial charge in [0, 0.05) is 11.8 Å². The molecule has 9 nitrogen and oxygen atoms in total. The number of thiophene rings is 1. The third-order valence-corrected chi connectivity index (χ3v) is 6.39. The van der Waals surface area contributed by atoms with Gasteiger partial charge in [-0.1, -0.05) is 11.6 Å². The fourth-order valence-electron chi connectivity index (χ4n) is 2.52. The number of rotatable bonds is 8. The Hall–Kier alpha value is -2.63. The number of esters is 3. The number of ether oxygens (including phenoxy) is 3. The summed E-state index contributed by atoms with van der Waals surface area (Å²) >= 11 is 6.82. The Morgan fingerprint density at radius 1 is 1.03 bits per heavy atom. The van der Waals surface area contributed by atoms with Gasteiger partial charge in [-0.3, -0.25) is 0 Å². The van der Waals surface area contributed by atoms with E-state index in [4.69, 9.17) is 31.5 Å². The van der Waals surface area contributed by atoms with Gasteiger partial charge in [-0.15, -0.1) is 11.3 Å². The number of halogens is 1. The molecule has 0 saturated heterocycles. The zero-order valence-corrected chi connectivity index (χ0v) is 19.3. The van der Waals surface area contributed by atoms with Gasteiger partial charge < -0.3 is 19.9 Å². The molecule has 0 aliphatic carbocycles. The van der Waals surface area contributed by atoms with Crippen LogP contribution in [0.5, 0.6) is 0 Å². The second-order valence-corrected chi connectivity index (χ2v) is 9.56. The van der Waals surface area contributed by atoms with E-state index in [2.05, 4.69) is 0 Å². The van der Waals surface area contributed by atoms with E-state index in [0.29, 0.717) is 0 Å². The minimum Gasteiger partial charge on any atom is -0.462 e. The molecule has 31 heavy (non-hydrogen) atoms. The van der Waals surface area contributed by atoms with E-state index in [9.17, 15) is 22.8 Å². The highest BCUT2D eigenvalue weighted by Crippen LogP contribution is 2.33. The number of carbonyl (C=O) groups is 3. The van der Waals surface area contributed by atoms with E-state index in [1.807, 2.05) is 0 Å². The smallest absolute Gasteiger partial charge is 0.348 e. The van der Waals surface area contributed by atoms with Crippen LogP contribution in [0.15, 0.2) is 23.1 Å². The fourth-order valence-corrected chi connectivity index (χ4v) is 4.31. The number of benzene rings is 1. The molecule has 2 N–H and O–H groups in total. The average Bonchev–Trinajstić information content (AvgIpc) is 3.02. The second kappa shape index (κ2) is 10.1. The topological polar surface area (TPSA) is 139 Å². The van der Waals surface area contributed by atoms with Crippen molar-refractivity contribution in [1.82, 2.24) is 0 Å². The van der Waals surface area contributed by atoms with Crippen LogP contribution in [-0.4, -0.2) is 45.8 Å². The zero-order valence-electron chi connectivity index (χ0n) is 16.9. The number of nitrogens with two attached hydrogens (primary N) is 1. The van der Waals surface area contributed by atoms with Gasteiger partial charge in [0.25, 0.3) is 0 Å². The quantitative estimate of drug-likeness (QED) is 0.437. The standard InChI is InChI=1S/C19H20ClNO8S2/c1-4-27-18(23)14-12(15(30-16(14)21)19(24)28-5-2)9-29-17(22)11-8-10(31(3,25)26)6-7-13(11)20/h6-8H,4-5,9,21H2,1-3H3. The Morgan fingerprint density at radius 3 is 2.23 bits per heavy atom. The molecule has 1 aromatic carbocycles. The molecule has 0 radical (unpaired) electrons. The molecule has 0 aliphatic heterocycles. The van der Waals surface area contributed by atoms with Gasteiger partial charge in [0.15, 0.2) is 9.84 Å². The van der Waals surface area contributed by atoms with Gasteiger partial charge in [0.05, 0.1) is 28.7 Å². The Kier molecular flexibility index (Phi) is 8.04. The highest BCUT2D eigenvalue weighted by atomic mass is 35.5. The Bertz CT molecular complexity index is 1120. The van der Waals surface area contributed by atoms with E-state index in [1.165, 1.54) is 12.1 Å². The van der Waals surface area contributed by atoms with Gasteiger partial charge in [-0.05, 0) is 32.0 Å².